The Morgan fingerprint density at radius 2 is 2.15 bits per heavy atom. The van der Waals surface area contributed by atoms with E-state index in [1.54, 1.807) is 7.11 Å². The van der Waals surface area contributed by atoms with Gasteiger partial charge < -0.3 is 10.1 Å². The summed E-state index contributed by atoms with van der Waals surface area (Å²) in [6.45, 7) is 7.23. The topological polar surface area (TPSA) is 21.3 Å². The molecule has 1 aliphatic carbocycles. The largest absolute Gasteiger partial charge is 0.378 e. The predicted octanol–water partition coefficient (Wildman–Crippen LogP) is 1.41. The van der Waals surface area contributed by atoms with Gasteiger partial charge in [0.05, 0.1) is 12.1 Å². The summed E-state index contributed by atoms with van der Waals surface area (Å²) >= 11 is 0. The van der Waals surface area contributed by atoms with Gasteiger partial charge in [0.1, 0.15) is 0 Å². The Morgan fingerprint density at radius 3 is 2.54 bits per heavy atom. The monoisotopic (exact) mass is 181 g/mol. The predicted molar refractivity (Wildman–Crippen MR) is 54.4 cm³/mol. The van der Waals surface area contributed by atoms with Gasteiger partial charge in [-0.25, -0.2) is 0 Å². The van der Waals surface area contributed by atoms with E-state index in [-0.39, 0.29) is 11.0 Å². The quantitative estimate of drug-likeness (QED) is 0.665. The minimum atomic E-state index is -0.000729. The Bertz CT molecular complexity index is 229. The zero-order valence-corrected chi connectivity index (χ0v) is 8.98. The van der Waals surface area contributed by atoms with E-state index in [9.17, 15) is 0 Å². The van der Waals surface area contributed by atoms with Gasteiger partial charge in [0.2, 0.25) is 0 Å². The van der Waals surface area contributed by atoms with Crippen LogP contribution in [0.15, 0.2) is 0 Å². The molecular weight excluding hydrogens is 162 g/mol. The summed E-state index contributed by atoms with van der Waals surface area (Å²) < 4.78 is 5.51. The van der Waals surface area contributed by atoms with E-state index in [0.29, 0.717) is 12.6 Å². The van der Waals surface area contributed by atoms with Crippen LogP contribution in [0.2, 0.25) is 0 Å². The Morgan fingerprint density at radius 1 is 1.54 bits per heavy atom. The van der Waals surface area contributed by atoms with Gasteiger partial charge in [0.15, 0.2) is 0 Å². The molecule has 0 spiro atoms. The molecule has 0 heterocycles. The molecule has 0 aromatic carbocycles. The smallest absolute Gasteiger partial charge is 0.0731 e. The number of ether oxygens (including phenoxy) is 1. The van der Waals surface area contributed by atoms with Crippen LogP contribution in [0.3, 0.4) is 0 Å². The van der Waals surface area contributed by atoms with Crippen molar-refractivity contribution in [1.82, 2.24) is 5.32 Å². The third-order valence-electron chi connectivity index (χ3n) is 3.73. The molecule has 1 rings (SSSR count). The van der Waals surface area contributed by atoms with Gasteiger partial charge in [-0.15, -0.1) is 6.42 Å². The van der Waals surface area contributed by atoms with Gasteiger partial charge >= 0.3 is 0 Å². The van der Waals surface area contributed by atoms with E-state index >= 15 is 0 Å². The lowest BCUT2D eigenvalue weighted by molar-refractivity contribution is -0.179. The van der Waals surface area contributed by atoms with E-state index in [1.165, 1.54) is 0 Å². The molecular formula is C11H19NO. The summed E-state index contributed by atoms with van der Waals surface area (Å²) in [4.78, 5) is 0. The summed E-state index contributed by atoms with van der Waals surface area (Å²) in [7, 11) is 1.78. The first-order chi connectivity index (χ1) is 5.98. The molecule has 2 heteroatoms. The molecule has 0 aromatic heterocycles. The number of nitrogens with one attached hydrogen (secondary N) is 1. The highest BCUT2D eigenvalue weighted by Crippen LogP contribution is 2.51. The highest BCUT2D eigenvalue weighted by molar-refractivity contribution is 5.12. The highest BCUT2D eigenvalue weighted by Gasteiger charge is 2.57. The van der Waals surface area contributed by atoms with Crippen molar-refractivity contribution in [3.05, 3.63) is 0 Å². The maximum atomic E-state index is 5.51. The van der Waals surface area contributed by atoms with Crippen LogP contribution in [0.5, 0.6) is 0 Å². The van der Waals surface area contributed by atoms with E-state index < -0.39 is 0 Å². The molecule has 2 unspecified atom stereocenters. The van der Waals surface area contributed by atoms with Crippen molar-refractivity contribution >= 4 is 0 Å². The average Bonchev–Trinajstić information content (AvgIpc) is 2.11. The summed E-state index contributed by atoms with van der Waals surface area (Å²) in [6, 6.07) is 0.480. The molecule has 0 bridgehead atoms. The number of terminal acetylenes is 1. The average molecular weight is 181 g/mol. The standard InChI is InChI=1S/C11H19NO/c1-6-7-12-9-8-11(4,13-5)10(9,2)3/h1,9,12H,7-8H2,2-5H3. The van der Waals surface area contributed by atoms with Gasteiger partial charge in [0.25, 0.3) is 0 Å². The molecule has 0 aliphatic heterocycles. The van der Waals surface area contributed by atoms with E-state index in [1.807, 2.05) is 0 Å². The first-order valence-corrected chi connectivity index (χ1v) is 4.70. The molecule has 74 valence electrons. The van der Waals surface area contributed by atoms with Crippen LogP contribution in [0.1, 0.15) is 27.2 Å². The second kappa shape index (κ2) is 3.32. The molecule has 0 radical (unpaired) electrons. The number of hydrogen-bond acceptors (Lipinski definition) is 2. The van der Waals surface area contributed by atoms with Crippen molar-refractivity contribution in [2.24, 2.45) is 5.41 Å². The molecule has 0 amide bonds. The summed E-state index contributed by atoms with van der Waals surface area (Å²) in [5.41, 5.74) is 0.165. The van der Waals surface area contributed by atoms with E-state index in [4.69, 9.17) is 11.2 Å². The molecule has 1 aliphatic rings. The first-order valence-electron chi connectivity index (χ1n) is 4.70. The van der Waals surface area contributed by atoms with Gasteiger partial charge in [-0.2, -0.15) is 0 Å². The fourth-order valence-electron chi connectivity index (χ4n) is 2.00. The molecule has 0 aromatic rings. The summed E-state index contributed by atoms with van der Waals surface area (Å²) in [5, 5.41) is 3.33. The van der Waals surface area contributed by atoms with E-state index in [0.717, 1.165) is 6.42 Å². The molecule has 2 nitrogen and oxygen atoms in total. The molecule has 1 fully saturated rings. The fraction of sp³-hybridized carbons (Fsp3) is 0.818. The van der Waals surface area contributed by atoms with Crippen LogP contribution in [0, 0.1) is 17.8 Å². The lowest BCUT2D eigenvalue weighted by Crippen LogP contribution is -2.67. The van der Waals surface area contributed by atoms with Crippen molar-refractivity contribution in [2.45, 2.75) is 38.8 Å². The Balaban J connectivity index is 2.55. The van der Waals surface area contributed by atoms with Crippen molar-refractivity contribution in [1.29, 1.82) is 0 Å². The maximum absolute atomic E-state index is 5.51. The highest BCUT2D eigenvalue weighted by atomic mass is 16.5. The third kappa shape index (κ3) is 1.47. The van der Waals surface area contributed by atoms with Crippen molar-refractivity contribution < 1.29 is 4.74 Å². The number of methoxy groups -OCH3 is 1. The minimum absolute atomic E-state index is 0.000729. The molecule has 1 saturated carbocycles. The van der Waals surface area contributed by atoms with Gasteiger partial charge in [0, 0.05) is 18.6 Å². The normalized spacial score (nSPS) is 36.4. The zero-order chi connectivity index (χ0) is 10.1. The molecule has 2 atom stereocenters. The summed E-state index contributed by atoms with van der Waals surface area (Å²) in [5.74, 6) is 2.60. The second-order valence-corrected chi connectivity index (χ2v) is 4.50. The summed E-state index contributed by atoms with van der Waals surface area (Å²) in [6.07, 6.45) is 6.24. The minimum Gasteiger partial charge on any atom is -0.378 e. The SMILES string of the molecule is C#CCNC1CC(C)(OC)C1(C)C. The van der Waals surface area contributed by atoms with Crippen LogP contribution in [0.4, 0.5) is 0 Å². The van der Waals surface area contributed by atoms with Crippen molar-refractivity contribution in [3.8, 4) is 12.3 Å². The Kier molecular flexibility index (Phi) is 2.70. The van der Waals surface area contributed by atoms with Crippen LogP contribution in [-0.4, -0.2) is 25.3 Å². The first kappa shape index (κ1) is 10.6. The van der Waals surface area contributed by atoms with Crippen molar-refractivity contribution in [3.63, 3.8) is 0 Å². The van der Waals surface area contributed by atoms with Crippen molar-refractivity contribution in [2.75, 3.05) is 13.7 Å². The van der Waals surface area contributed by atoms with Crippen LogP contribution >= 0.6 is 0 Å². The lowest BCUT2D eigenvalue weighted by Gasteiger charge is -2.59. The van der Waals surface area contributed by atoms with E-state index in [2.05, 4.69) is 32.0 Å². The number of rotatable bonds is 3. The third-order valence-corrected chi connectivity index (χ3v) is 3.73. The maximum Gasteiger partial charge on any atom is 0.0731 e. The second-order valence-electron chi connectivity index (χ2n) is 4.50. The Labute approximate surface area is 81.0 Å². The van der Waals surface area contributed by atoms with Crippen LogP contribution in [0.25, 0.3) is 0 Å². The van der Waals surface area contributed by atoms with Gasteiger partial charge in [-0.05, 0) is 13.3 Å². The molecule has 13 heavy (non-hydrogen) atoms. The molecule has 0 saturated heterocycles. The lowest BCUT2D eigenvalue weighted by atomic mass is 9.56. The van der Waals surface area contributed by atoms with Gasteiger partial charge in [-0.3, -0.25) is 0 Å². The van der Waals surface area contributed by atoms with Crippen LogP contribution in [-0.2, 0) is 4.74 Å². The Hall–Kier alpha value is -0.520. The molecule has 1 N–H and O–H groups in total. The van der Waals surface area contributed by atoms with Gasteiger partial charge in [-0.1, -0.05) is 19.8 Å². The fourth-order valence-corrected chi connectivity index (χ4v) is 2.00. The number of hydrogen-bond donors (Lipinski definition) is 1. The van der Waals surface area contributed by atoms with Crippen LogP contribution < -0.4 is 5.32 Å². The zero-order valence-electron chi connectivity index (χ0n) is 8.98.